The molecule has 1 aromatic carbocycles. The minimum atomic E-state index is -4.46. The van der Waals surface area contributed by atoms with Gasteiger partial charge in [0.05, 0.1) is 30.0 Å². The average Bonchev–Trinajstić information content (AvgIpc) is 3.02. The summed E-state index contributed by atoms with van der Waals surface area (Å²) in [5.41, 5.74) is 0.215. The van der Waals surface area contributed by atoms with E-state index in [1.807, 2.05) is 0 Å². The Morgan fingerprint density at radius 3 is 2.50 bits per heavy atom. The summed E-state index contributed by atoms with van der Waals surface area (Å²) in [7, 11) is 0. The smallest absolute Gasteiger partial charge is 0.416 e. The highest BCUT2D eigenvalue weighted by Gasteiger charge is 2.42. The Kier molecular flexibility index (Phi) is 6.95. The Hall–Kier alpha value is -2.84. The lowest BCUT2D eigenvalue weighted by atomic mass is 9.81. The molecule has 1 N–H and O–H groups in total. The number of rotatable bonds is 6. The van der Waals surface area contributed by atoms with Crippen molar-refractivity contribution in [3.63, 3.8) is 0 Å². The highest BCUT2D eigenvalue weighted by atomic mass is 19.4. The van der Waals surface area contributed by atoms with Crippen LogP contribution in [0.1, 0.15) is 61.5 Å². The normalized spacial score (nSPS) is 15.9. The molecule has 1 aliphatic carbocycles. The first-order valence-corrected chi connectivity index (χ1v) is 10.8. The minimum Gasteiger partial charge on any atom is -0.464 e. The summed E-state index contributed by atoms with van der Waals surface area (Å²) < 4.78 is 45.9. The van der Waals surface area contributed by atoms with Crippen LogP contribution in [-0.2, 0) is 26.9 Å². The molecule has 3 rings (SSSR count). The van der Waals surface area contributed by atoms with Crippen molar-refractivity contribution in [2.75, 3.05) is 6.61 Å². The van der Waals surface area contributed by atoms with Crippen molar-refractivity contribution in [2.24, 2.45) is 0 Å². The van der Waals surface area contributed by atoms with Crippen LogP contribution in [0.15, 0.2) is 24.3 Å². The number of nitrogens with zero attached hydrogens (tertiary/aromatic N) is 2. The van der Waals surface area contributed by atoms with Crippen molar-refractivity contribution in [3.8, 4) is 5.69 Å². The lowest BCUT2D eigenvalue weighted by Gasteiger charge is -2.35. The van der Waals surface area contributed by atoms with Gasteiger partial charge in [-0.3, -0.25) is 4.79 Å². The monoisotopic (exact) mass is 451 g/mol. The van der Waals surface area contributed by atoms with Crippen LogP contribution in [0.3, 0.4) is 0 Å². The Labute approximate surface area is 185 Å². The number of hydrogen-bond acceptors (Lipinski definition) is 4. The SMILES string of the molecule is CCOC(=O)C1(NC(=O)Cc2c(C)nn(-c3cccc(C(F)(F)F)c3)c2C)CCCCC1. The highest BCUT2D eigenvalue weighted by Crippen LogP contribution is 2.32. The summed E-state index contributed by atoms with van der Waals surface area (Å²) in [5, 5.41) is 7.26. The van der Waals surface area contributed by atoms with Gasteiger partial charge in [0, 0.05) is 11.3 Å². The Bertz CT molecular complexity index is 992. The number of esters is 1. The van der Waals surface area contributed by atoms with E-state index in [1.165, 1.54) is 16.8 Å². The van der Waals surface area contributed by atoms with Crippen molar-refractivity contribution in [2.45, 2.75) is 71.0 Å². The number of ether oxygens (including phenoxy) is 1. The van der Waals surface area contributed by atoms with Crippen LogP contribution < -0.4 is 5.32 Å². The molecular weight excluding hydrogens is 423 g/mol. The van der Waals surface area contributed by atoms with E-state index < -0.39 is 23.2 Å². The van der Waals surface area contributed by atoms with Crippen LogP contribution >= 0.6 is 0 Å². The van der Waals surface area contributed by atoms with Crippen molar-refractivity contribution < 1.29 is 27.5 Å². The van der Waals surface area contributed by atoms with E-state index in [9.17, 15) is 22.8 Å². The molecule has 32 heavy (non-hydrogen) atoms. The number of carbonyl (C=O) groups excluding carboxylic acids is 2. The van der Waals surface area contributed by atoms with Gasteiger partial charge < -0.3 is 10.1 Å². The summed E-state index contributed by atoms with van der Waals surface area (Å²) >= 11 is 0. The molecule has 1 heterocycles. The first-order chi connectivity index (χ1) is 15.1. The second-order valence-electron chi connectivity index (χ2n) is 8.20. The molecular formula is C23H28F3N3O3. The van der Waals surface area contributed by atoms with Gasteiger partial charge >= 0.3 is 12.1 Å². The molecule has 1 amide bonds. The zero-order valence-electron chi connectivity index (χ0n) is 18.5. The maximum Gasteiger partial charge on any atom is 0.416 e. The van der Waals surface area contributed by atoms with Crippen LogP contribution in [-0.4, -0.2) is 33.8 Å². The minimum absolute atomic E-state index is 0.0300. The largest absolute Gasteiger partial charge is 0.464 e. The molecule has 6 nitrogen and oxygen atoms in total. The van der Waals surface area contributed by atoms with Crippen molar-refractivity contribution in [3.05, 3.63) is 46.8 Å². The van der Waals surface area contributed by atoms with E-state index >= 15 is 0 Å². The number of benzene rings is 1. The Balaban J connectivity index is 1.83. The summed E-state index contributed by atoms with van der Waals surface area (Å²) in [4.78, 5) is 25.5. The van der Waals surface area contributed by atoms with Gasteiger partial charge in [-0.2, -0.15) is 18.3 Å². The molecule has 1 aliphatic rings. The molecule has 174 valence electrons. The van der Waals surface area contributed by atoms with E-state index in [0.717, 1.165) is 31.4 Å². The molecule has 0 bridgehead atoms. The predicted molar refractivity (Wildman–Crippen MR) is 112 cm³/mol. The lowest BCUT2D eigenvalue weighted by molar-refractivity contribution is -0.155. The third-order valence-corrected chi connectivity index (χ3v) is 5.95. The molecule has 9 heteroatoms. The number of aromatic nitrogens is 2. The quantitative estimate of drug-likeness (QED) is 0.660. The van der Waals surface area contributed by atoms with Gasteiger partial charge in [0.25, 0.3) is 0 Å². The van der Waals surface area contributed by atoms with Gasteiger partial charge in [-0.15, -0.1) is 0 Å². The first kappa shape index (κ1) is 23.8. The van der Waals surface area contributed by atoms with Crippen molar-refractivity contribution >= 4 is 11.9 Å². The summed E-state index contributed by atoms with van der Waals surface area (Å²) in [5.74, 6) is -0.754. The van der Waals surface area contributed by atoms with Gasteiger partial charge in [0.15, 0.2) is 0 Å². The van der Waals surface area contributed by atoms with Crippen LogP contribution in [0.4, 0.5) is 13.2 Å². The molecule has 0 saturated heterocycles. The second-order valence-corrected chi connectivity index (χ2v) is 8.20. The Morgan fingerprint density at radius 1 is 1.19 bits per heavy atom. The number of alkyl halides is 3. The maximum absolute atomic E-state index is 13.1. The third kappa shape index (κ3) is 4.97. The molecule has 2 aromatic rings. The zero-order chi connectivity index (χ0) is 23.5. The van der Waals surface area contributed by atoms with Gasteiger partial charge in [0.2, 0.25) is 5.91 Å². The molecule has 1 fully saturated rings. The molecule has 0 radical (unpaired) electrons. The summed E-state index contributed by atoms with van der Waals surface area (Å²) in [6.07, 6.45) is -0.791. The van der Waals surface area contributed by atoms with E-state index in [1.54, 1.807) is 20.8 Å². The van der Waals surface area contributed by atoms with Gasteiger partial charge in [-0.25, -0.2) is 9.48 Å². The fourth-order valence-corrected chi connectivity index (χ4v) is 4.27. The fraction of sp³-hybridized carbons (Fsp3) is 0.522. The Morgan fingerprint density at radius 2 is 1.88 bits per heavy atom. The van der Waals surface area contributed by atoms with E-state index in [2.05, 4.69) is 10.4 Å². The zero-order valence-corrected chi connectivity index (χ0v) is 18.5. The molecule has 0 unspecified atom stereocenters. The van der Waals surface area contributed by atoms with Crippen LogP contribution in [0.2, 0.25) is 0 Å². The number of nitrogens with one attached hydrogen (secondary N) is 1. The third-order valence-electron chi connectivity index (χ3n) is 5.95. The number of halogens is 3. The molecule has 0 spiro atoms. The highest BCUT2D eigenvalue weighted by molar-refractivity contribution is 5.89. The van der Waals surface area contributed by atoms with Crippen LogP contribution in [0, 0.1) is 13.8 Å². The summed E-state index contributed by atoms with van der Waals surface area (Å²) in [6.45, 7) is 5.38. The molecule has 0 aliphatic heterocycles. The standard InChI is InChI=1S/C23H28F3N3O3/c1-4-32-21(31)22(11-6-5-7-12-22)27-20(30)14-19-15(2)28-29(16(19)3)18-10-8-9-17(13-18)23(24,25)26/h8-10,13H,4-7,11-12,14H2,1-3H3,(H,27,30). The first-order valence-electron chi connectivity index (χ1n) is 10.8. The van der Waals surface area contributed by atoms with Gasteiger partial charge in [0.1, 0.15) is 5.54 Å². The van der Waals surface area contributed by atoms with Gasteiger partial charge in [-0.05, 0) is 51.8 Å². The van der Waals surface area contributed by atoms with Crippen molar-refractivity contribution in [1.82, 2.24) is 15.1 Å². The van der Waals surface area contributed by atoms with E-state index in [4.69, 9.17) is 4.74 Å². The molecule has 1 aromatic heterocycles. The number of hydrogen-bond donors (Lipinski definition) is 1. The maximum atomic E-state index is 13.1. The van der Waals surface area contributed by atoms with E-state index in [-0.39, 0.29) is 24.6 Å². The van der Waals surface area contributed by atoms with Crippen LogP contribution in [0.25, 0.3) is 5.69 Å². The van der Waals surface area contributed by atoms with Gasteiger partial charge in [-0.1, -0.05) is 25.3 Å². The second kappa shape index (κ2) is 9.34. The summed E-state index contributed by atoms with van der Waals surface area (Å²) in [6, 6.07) is 4.90. The number of amides is 1. The molecule has 0 atom stereocenters. The number of aryl methyl sites for hydroxylation is 1. The van der Waals surface area contributed by atoms with Crippen molar-refractivity contribution in [1.29, 1.82) is 0 Å². The predicted octanol–water partition coefficient (Wildman–Crippen LogP) is 4.43. The van der Waals surface area contributed by atoms with E-state index in [0.29, 0.717) is 29.8 Å². The number of carbonyl (C=O) groups is 2. The lowest BCUT2D eigenvalue weighted by Crippen LogP contribution is -2.56. The topological polar surface area (TPSA) is 73.2 Å². The average molecular weight is 451 g/mol. The van der Waals surface area contributed by atoms with Crippen LogP contribution in [0.5, 0.6) is 0 Å². The fourth-order valence-electron chi connectivity index (χ4n) is 4.27. The molecule has 1 saturated carbocycles.